The Morgan fingerprint density at radius 3 is 1.09 bits per heavy atom. The van der Waals surface area contributed by atoms with Crippen LogP contribution in [0.15, 0.2) is 0 Å². The van der Waals surface area contributed by atoms with Gasteiger partial charge < -0.3 is 37.6 Å². The topological polar surface area (TPSA) is 227 Å². The summed E-state index contributed by atoms with van der Waals surface area (Å²) in [5.74, 6) is -5.02. The molecule has 10 N–H and O–H groups in total. The van der Waals surface area contributed by atoms with Gasteiger partial charge in [0.2, 0.25) is 0 Å². The zero-order valence-electron chi connectivity index (χ0n) is 20.7. The number of unbranched alkanes of at least 4 members (excludes halogenated alkanes) is 13. The maximum absolute atomic E-state index is 10.3. The van der Waals surface area contributed by atoms with Gasteiger partial charge in [0.15, 0.2) is 5.60 Å². The van der Waals surface area contributed by atoms with E-state index in [-0.39, 0.29) is 0 Å². The Kier molecular flexibility index (Phi) is 26.8. The molecule has 0 aromatic heterocycles. The average Bonchev–Trinajstić information content (AvgIpc) is 2.70. The van der Waals surface area contributed by atoms with Crippen LogP contribution in [0, 0.1) is 0 Å². The Hall–Kier alpha value is -2.40. The standard InChI is InChI=1S/C16H35N.C6H8O7.CH4N2O/c1-2-3-4-5-6-7-8-9-10-11-12-13-14-15-16-17;7-3(8)1-6(13,5(11)12)2-4(9)10;2-1(3)4/h2-17H2,1H3;13H,1-2H2,(H,7,8)(H,9,10)(H,11,12);(H4,2,3,4). The smallest absolute Gasteiger partial charge is 0.336 e. The van der Waals surface area contributed by atoms with E-state index in [0.717, 1.165) is 6.54 Å². The molecule has 0 aromatic rings. The van der Waals surface area contributed by atoms with Crippen molar-refractivity contribution in [3.05, 3.63) is 0 Å². The highest BCUT2D eigenvalue weighted by Gasteiger charge is 2.40. The number of hydrogen-bond acceptors (Lipinski definition) is 6. The molecule has 0 fully saturated rings. The summed E-state index contributed by atoms with van der Waals surface area (Å²) in [5.41, 5.74) is 11.2. The quantitative estimate of drug-likeness (QED) is 0.131. The summed E-state index contributed by atoms with van der Waals surface area (Å²) in [6, 6.07) is -0.833. The zero-order valence-corrected chi connectivity index (χ0v) is 20.7. The SMILES string of the molecule is CCCCCCCCCCCCCCCCN.NC(N)=O.O=C(O)CC(O)(CC(=O)O)C(=O)O. The molecular formula is C23H47N3O8. The molecule has 0 aromatic carbocycles. The molecule has 0 aliphatic heterocycles. The fraction of sp³-hybridized carbons (Fsp3) is 0.826. The van der Waals surface area contributed by atoms with Crippen LogP contribution in [0.1, 0.15) is 110 Å². The molecule has 0 saturated heterocycles. The van der Waals surface area contributed by atoms with E-state index < -0.39 is 42.4 Å². The van der Waals surface area contributed by atoms with Crippen LogP contribution in [0.3, 0.4) is 0 Å². The third-order valence-corrected chi connectivity index (χ3v) is 4.84. The van der Waals surface area contributed by atoms with E-state index in [2.05, 4.69) is 18.4 Å². The molecule has 0 spiro atoms. The van der Waals surface area contributed by atoms with Crippen molar-refractivity contribution in [3.8, 4) is 0 Å². The number of rotatable bonds is 19. The van der Waals surface area contributed by atoms with Gasteiger partial charge in [-0.05, 0) is 13.0 Å². The largest absolute Gasteiger partial charge is 0.481 e. The first-order chi connectivity index (χ1) is 15.9. The number of carbonyl (C=O) groups excluding carboxylic acids is 1. The predicted molar refractivity (Wildman–Crippen MR) is 130 cm³/mol. The third kappa shape index (κ3) is 31.8. The molecule has 2 amide bonds. The predicted octanol–water partition coefficient (Wildman–Crippen LogP) is 3.20. The fourth-order valence-electron chi connectivity index (χ4n) is 3.05. The highest BCUT2D eigenvalue weighted by atomic mass is 16.4. The molecule has 202 valence electrons. The summed E-state index contributed by atoms with van der Waals surface area (Å²) in [7, 11) is 0. The zero-order chi connectivity index (χ0) is 26.8. The van der Waals surface area contributed by atoms with Crippen LogP contribution in [-0.2, 0) is 14.4 Å². The van der Waals surface area contributed by atoms with Crippen molar-refractivity contribution in [2.75, 3.05) is 6.54 Å². The van der Waals surface area contributed by atoms with Crippen LogP contribution in [0.5, 0.6) is 0 Å². The van der Waals surface area contributed by atoms with Crippen molar-refractivity contribution in [2.45, 2.75) is 115 Å². The fourth-order valence-corrected chi connectivity index (χ4v) is 3.05. The molecule has 0 saturated carbocycles. The Morgan fingerprint density at radius 1 is 0.618 bits per heavy atom. The Morgan fingerprint density at radius 2 is 0.882 bits per heavy atom. The molecule has 0 aliphatic carbocycles. The lowest BCUT2D eigenvalue weighted by Crippen LogP contribution is -2.42. The molecule has 11 heteroatoms. The molecule has 0 rings (SSSR count). The number of carboxylic acid groups (broad SMARTS) is 3. The number of carbonyl (C=O) groups is 4. The number of amides is 2. The number of hydrogen-bond donors (Lipinski definition) is 7. The van der Waals surface area contributed by atoms with E-state index in [9.17, 15) is 14.4 Å². The minimum absolute atomic E-state index is 0.833. The first-order valence-electron chi connectivity index (χ1n) is 12.1. The van der Waals surface area contributed by atoms with E-state index in [4.69, 9.17) is 31.0 Å². The van der Waals surface area contributed by atoms with Gasteiger partial charge in [0.25, 0.3) is 0 Å². The summed E-state index contributed by atoms with van der Waals surface area (Å²) in [5, 5.41) is 33.8. The summed E-state index contributed by atoms with van der Waals surface area (Å²) < 4.78 is 0. The summed E-state index contributed by atoms with van der Waals surface area (Å²) in [6.45, 7) is 3.16. The molecule has 0 unspecified atom stereocenters. The number of aliphatic carboxylic acids is 3. The van der Waals surface area contributed by atoms with Gasteiger partial charge in [0, 0.05) is 0 Å². The summed E-state index contributed by atoms with van der Waals surface area (Å²) >= 11 is 0. The van der Waals surface area contributed by atoms with E-state index in [1.54, 1.807) is 0 Å². The maximum atomic E-state index is 10.3. The van der Waals surface area contributed by atoms with Gasteiger partial charge in [-0.3, -0.25) is 9.59 Å². The van der Waals surface area contributed by atoms with Crippen molar-refractivity contribution in [1.29, 1.82) is 0 Å². The van der Waals surface area contributed by atoms with Crippen molar-refractivity contribution >= 4 is 23.9 Å². The molecule has 11 nitrogen and oxygen atoms in total. The second-order valence-electron chi connectivity index (χ2n) is 8.27. The molecule has 0 radical (unpaired) electrons. The minimum Gasteiger partial charge on any atom is -0.481 e. The van der Waals surface area contributed by atoms with E-state index in [0.29, 0.717) is 0 Å². The third-order valence-electron chi connectivity index (χ3n) is 4.84. The second-order valence-corrected chi connectivity index (χ2v) is 8.27. The van der Waals surface area contributed by atoms with Crippen molar-refractivity contribution < 1.29 is 39.6 Å². The van der Waals surface area contributed by atoms with Crippen LogP contribution in [0.4, 0.5) is 4.79 Å². The first-order valence-corrected chi connectivity index (χ1v) is 12.1. The van der Waals surface area contributed by atoms with Crippen molar-refractivity contribution in [3.63, 3.8) is 0 Å². The van der Waals surface area contributed by atoms with E-state index in [1.165, 1.54) is 89.9 Å². The first kappa shape index (κ1) is 36.2. The van der Waals surface area contributed by atoms with Gasteiger partial charge in [-0.2, -0.15) is 0 Å². The molecule has 0 bridgehead atoms. The van der Waals surface area contributed by atoms with Crippen molar-refractivity contribution in [2.24, 2.45) is 17.2 Å². The lowest BCUT2D eigenvalue weighted by atomic mass is 9.96. The van der Waals surface area contributed by atoms with Gasteiger partial charge in [-0.15, -0.1) is 0 Å². The maximum Gasteiger partial charge on any atom is 0.336 e. The molecular weight excluding hydrogens is 446 g/mol. The van der Waals surface area contributed by atoms with Gasteiger partial charge in [0.05, 0.1) is 12.8 Å². The summed E-state index contributed by atoms with van der Waals surface area (Å²) in [6.07, 6.45) is 17.6. The Labute approximate surface area is 203 Å². The molecule has 0 aliphatic rings. The average molecular weight is 494 g/mol. The lowest BCUT2D eigenvalue weighted by molar-refractivity contribution is -0.170. The van der Waals surface area contributed by atoms with Crippen LogP contribution in [-0.4, -0.2) is 56.5 Å². The highest BCUT2D eigenvalue weighted by molar-refractivity contribution is 5.88. The van der Waals surface area contributed by atoms with E-state index >= 15 is 0 Å². The van der Waals surface area contributed by atoms with Gasteiger partial charge in [0.1, 0.15) is 0 Å². The number of urea groups is 1. The molecule has 0 heterocycles. The monoisotopic (exact) mass is 493 g/mol. The van der Waals surface area contributed by atoms with Crippen LogP contribution < -0.4 is 17.2 Å². The Balaban J connectivity index is -0.000000500. The van der Waals surface area contributed by atoms with E-state index in [1.807, 2.05) is 0 Å². The van der Waals surface area contributed by atoms with Gasteiger partial charge in [-0.25, -0.2) is 9.59 Å². The van der Waals surface area contributed by atoms with Crippen LogP contribution in [0.25, 0.3) is 0 Å². The van der Waals surface area contributed by atoms with Crippen LogP contribution in [0.2, 0.25) is 0 Å². The number of aliphatic hydroxyl groups is 1. The van der Waals surface area contributed by atoms with Gasteiger partial charge in [-0.1, -0.05) is 90.4 Å². The number of carboxylic acids is 3. The second kappa shape index (κ2) is 25.2. The molecule has 34 heavy (non-hydrogen) atoms. The number of primary amides is 2. The Bertz CT molecular complexity index is 510. The number of nitrogens with two attached hydrogens (primary N) is 3. The van der Waals surface area contributed by atoms with Gasteiger partial charge >= 0.3 is 23.9 Å². The highest BCUT2D eigenvalue weighted by Crippen LogP contribution is 2.16. The molecule has 0 atom stereocenters. The summed E-state index contributed by atoms with van der Waals surface area (Å²) in [4.78, 5) is 39.5. The normalized spacial score (nSPS) is 10.3. The lowest BCUT2D eigenvalue weighted by Gasteiger charge is -2.18. The van der Waals surface area contributed by atoms with Crippen molar-refractivity contribution in [1.82, 2.24) is 0 Å². The van der Waals surface area contributed by atoms with Crippen LogP contribution >= 0.6 is 0 Å². The minimum atomic E-state index is -2.74.